The van der Waals surface area contributed by atoms with Crippen LogP contribution in [0.2, 0.25) is 0 Å². The van der Waals surface area contributed by atoms with Gasteiger partial charge in [0.05, 0.1) is 21.5 Å². The van der Waals surface area contributed by atoms with Crippen molar-refractivity contribution in [2.75, 3.05) is 12.3 Å². The lowest BCUT2D eigenvalue weighted by atomic mass is 9.97. The number of aromatic carboxylic acids is 1. The highest BCUT2D eigenvalue weighted by Gasteiger charge is 2.47. The molecule has 0 spiro atoms. The smallest absolute Gasteiger partial charge is 0.335 e. The molecule has 10 nitrogen and oxygen atoms in total. The van der Waals surface area contributed by atoms with Crippen LogP contribution >= 0.6 is 11.3 Å². The highest BCUT2D eigenvalue weighted by atomic mass is 32.2. The average Bonchev–Trinajstić information content (AvgIpc) is 3.30. The number of hydrogen-bond donors (Lipinski definition) is 4. The summed E-state index contributed by atoms with van der Waals surface area (Å²) in [6, 6.07) is 20.1. The van der Waals surface area contributed by atoms with Crippen LogP contribution in [0.1, 0.15) is 20.9 Å². The van der Waals surface area contributed by atoms with E-state index < -0.39 is 43.1 Å². The van der Waals surface area contributed by atoms with Crippen molar-refractivity contribution in [1.82, 2.24) is 10.3 Å². The van der Waals surface area contributed by atoms with E-state index in [-0.39, 0.29) is 23.5 Å². The van der Waals surface area contributed by atoms with Crippen molar-refractivity contribution in [3.63, 3.8) is 0 Å². The first-order chi connectivity index (χ1) is 18.0. The number of thiazole rings is 1. The molecule has 1 atom stereocenters. The molecule has 4 rings (SSSR count). The van der Waals surface area contributed by atoms with Crippen molar-refractivity contribution >= 4 is 54.2 Å². The van der Waals surface area contributed by atoms with Gasteiger partial charge in [-0.1, -0.05) is 48.5 Å². The maximum absolute atomic E-state index is 13.4. The molecule has 38 heavy (non-hydrogen) atoms. The van der Waals surface area contributed by atoms with Crippen LogP contribution < -0.4 is 10.5 Å². The summed E-state index contributed by atoms with van der Waals surface area (Å²) in [5.41, 5.74) is 2.70. The van der Waals surface area contributed by atoms with Gasteiger partial charge in [-0.25, -0.2) is 31.8 Å². The Bertz CT molecular complexity index is 1670. The number of aromatic nitrogens is 1. The van der Waals surface area contributed by atoms with Crippen LogP contribution in [-0.4, -0.2) is 51.1 Å². The van der Waals surface area contributed by atoms with Gasteiger partial charge in [0.1, 0.15) is 5.01 Å². The summed E-state index contributed by atoms with van der Waals surface area (Å²) in [7, 11) is -7.31. The van der Waals surface area contributed by atoms with Crippen LogP contribution in [0, 0.1) is 0 Å². The standard InChI is InChI=1S/C25H23N3O7S3/c26-38(34,35)13-12-27-23(31)25(37(32)33,15-16-4-2-1-3-5-16)24-28-20-11-10-19(14-21(20)36-24)17-6-8-18(9-7-17)22(29)30/h1-11,14,37H,12-13,15H2,(H,27,31)(H,29,30)(H2,26,34,35). The normalized spacial score (nSPS) is 13.3. The van der Waals surface area contributed by atoms with E-state index in [9.17, 15) is 26.4 Å². The van der Waals surface area contributed by atoms with E-state index in [0.717, 1.165) is 22.5 Å². The second-order valence-electron chi connectivity index (χ2n) is 8.49. The Morgan fingerprint density at radius 2 is 1.66 bits per heavy atom. The maximum atomic E-state index is 13.4. The SMILES string of the molecule is NS(=O)(=O)CCNC(=O)C(Cc1ccccc1)(c1nc2ccc(-c3ccc(C(=O)O)cc3)cc2s1)[SH](=O)=O. The third-order valence-corrected chi connectivity index (χ3v) is 9.17. The lowest BCUT2D eigenvalue weighted by Gasteiger charge is -2.25. The number of carboxylic acid groups (broad SMARTS) is 1. The van der Waals surface area contributed by atoms with Crippen LogP contribution in [0.4, 0.5) is 0 Å². The summed E-state index contributed by atoms with van der Waals surface area (Å²) in [5.74, 6) is -2.49. The van der Waals surface area contributed by atoms with Crippen molar-refractivity contribution in [2.24, 2.45) is 5.14 Å². The van der Waals surface area contributed by atoms with Crippen molar-refractivity contribution in [2.45, 2.75) is 11.2 Å². The summed E-state index contributed by atoms with van der Waals surface area (Å²) in [4.78, 5) is 29.1. The van der Waals surface area contributed by atoms with Gasteiger partial charge in [-0.05, 0) is 41.0 Å². The molecule has 198 valence electrons. The Morgan fingerprint density at radius 1 is 1.00 bits per heavy atom. The van der Waals surface area contributed by atoms with E-state index in [1.54, 1.807) is 60.7 Å². The molecule has 4 N–H and O–H groups in total. The van der Waals surface area contributed by atoms with Crippen LogP contribution in [0.25, 0.3) is 21.3 Å². The minimum absolute atomic E-state index is 0.0407. The van der Waals surface area contributed by atoms with Gasteiger partial charge in [0.15, 0.2) is 10.7 Å². The van der Waals surface area contributed by atoms with Gasteiger partial charge in [-0.3, -0.25) is 4.79 Å². The Kier molecular flexibility index (Phi) is 7.92. The molecule has 1 heterocycles. The third-order valence-electron chi connectivity index (χ3n) is 5.87. The number of primary sulfonamides is 1. The summed E-state index contributed by atoms with van der Waals surface area (Å²) in [6.07, 6.45) is -0.211. The molecule has 1 amide bonds. The van der Waals surface area contributed by atoms with Gasteiger partial charge in [0, 0.05) is 13.0 Å². The second-order valence-corrected chi connectivity index (χ2v) is 12.5. The number of nitrogens with two attached hydrogens (primary N) is 1. The van der Waals surface area contributed by atoms with Crippen molar-refractivity contribution in [3.05, 3.63) is 88.9 Å². The molecule has 13 heteroatoms. The van der Waals surface area contributed by atoms with Crippen LogP contribution in [-0.2, 0) is 36.7 Å². The first-order valence-electron chi connectivity index (χ1n) is 11.2. The van der Waals surface area contributed by atoms with E-state index in [2.05, 4.69) is 10.3 Å². The van der Waals surface area contributed by atoms with Crippen LogP contribution in [0.5, 0.6) is 0 Å². The fraction of sp³-hybridized carbons (Fsp3) is 0.160. The van der Waals surface area contributed by atoms with E-state index in [4.69, 9.17) is 10.2 Å². The van der Waals surface area contributed by atoms with Crippen molar-refractivity contribution in [3.8, 4) is 11.1 Å². The number of hydrogen-bond acceptors (Lipinski definition) is 8. The Morgan fingerprint density at radius 3 is 2.26 bits per heavy atom. The molecular formula is C25H23N3O7S3. The summed E-state index contributed by atoms with van der Waals surface area (Å²) >= 11 is 1.04. The number of nitrogens with zero attached hydrogens (tertiary/aromatic N) is 1. The van der Waals surface area contributed by atoms with Crippen LogP contribution in [0.15, 0.2) is 72.8 Å². The monoisotopic (exact) mass is 573 g/mol. The molecule has 0 saturated heterocycles. The number of rotatable bonds is 10. The third kappa shape index (κ3) is 5.91. The number of carboxylic acids is 1. The lowest BCUT2D eigenvalue weighted by molar-refractivity contribution is -0.123. The predicted molar refractivity (Wildman–Crippen MR) is 145 cm³/mol. The fourth-order valence-corrected chi connectivity index (χ4v) is 6.51. The zero-order valence-electron chi connectivity index (χ0n) is 19.7. The van der Waals surface area contributed by atoms with Crippen molar-refractivity contribution in [1.29, 1.82) is 0 Å². The minimum atomic E-state index is -3.88. The second kappa shape index (κ2) is 11.0. The molecule has 0 aliphatic carbocycles. The molecule has 0 aliphatic heterocycles. The number of thiol groups is 1. The van der Waals surface area contributed by atoms with E-state index in [1.165, 1.54) is 12.1 Å². The molecule has 0 aliphatic rings. The molecular weight excluding hydrogens is 550 g/mol. The predicted octanol–water partition coefficient (Wildman–Crippen LogP) is 2.12. The number of sulfonamides is 1. The number of benzene rings is 3. The topological polar surface area (TPSA) is 174 Å². The molecule has 3 aromatic carbocycles. The highest BCUT2D eigenvalue weighted by molar-refractivity contribution is 7.89. The van der Waals surface area contributed by atoms with Gasteiger partial charge in [0.25, 0.3) is 0 Å². The quantitative estimate of drug-likeness (QED) is 0.209. The molecule has 4 aromatic rings. The van der Waals surface area contributed by atoms with E-state index >= 15 is 0 Å². The van der Waals surface area contributed by atoms with Crippen LogP contribution in [0.3, 0.4) is 0 Å². The van der Waals surface area contributed by atoms with Gasteiger partial charge in [-0.2, -0.15) is 0 Å². The first-order valence-corrected chi connectivity index (χ1v) is 14.9. The summed E-state index contributed by atoms with van der Waals surface area (Å²) in [5, 5.41) is 16.6. The molecule has 0 saturated carbocycles. The van der Waals surface area contributed by atoms with Gasteiger partial charge in [-0.15, -0.1) is 11.3 Å². The number of carbonyl (C=O) groups is 2. The average molecular weight is 574 g/mol. The van der Waals surface area contributed by atoms with E-state index in [1.807, 2.05) is 0 Å². The van der Waals surface area contributed by atoms with Crippen molar-refractivity contribution < 1.29 is 31.5 Å². The minimum Gasteiger partial charge on any atom is -0.478 e. The molecule has 1 aromatic heterocycles. The summed E-state index contributed by atoms with van der Waals surface area (Å²) in [6.45, 7) is -0.362. The van der Waals surface area contributed by atoms with E-state index in [0.29, 0.717) is 15.8 Å². The Balaban J connectivity index is 1.78. The largest absolute Gasteiger partial charge is 0.478 e. The number of fused-ring (bicyclic) bond motifs is 1. The number of amides is 1. The Labute approximate surface area is 224 Å². The maximum Gasteiger partial charge on any atom is 0.335 e. The summed E-state index contributed by atoms with van der Waals surface area (Å²) < 4.78 is 46.9. The molecule has 0 bridgehead atoms. The zero-order valence-corrected chi connectivity index (χ0v) is 22.3. The number of nitrogens with one attached hydrogen (secondary N) is 1. The number of carbonyl (C=O) groups excluding carboxylic acids is 1. The molecule has 0 radical (unpaired) electrons. The first kappa shape index (κ1) is 27.4. The van der Waals surface area contributed by atoms with Gasteiger partial charge < -0.3 is 10.4 Å². The molecule has 1 unspecified atom stereocenters. The van der Waals surface area contributed by atoms with Gasteiger partial charge >= 0.3 is 5.97 Å². The lowest BCUT2D eigenvalue weighted by Crippen LogP contribution is -2.48. The zero-order chi connectivity index (χ0) is 27.5. The van der Waals surface area contributed by atoms with Gasteiger partial charge in [0.2, 0.25) is 20.7 Å². The Hall–Kier alpha value is -3.65. The molecule has 0 fully saturated rings. The fourth-order valence-electron chi connectivity index (χ4n) is 3.91. The highest BCUT2D eigenvalue weighted by Crippen LogP contribution is 2.37.